The number of rotatable bonds is 2. The van der Waals surface area contributed by atoms with Gasteiger partial charge in [-0.05, 0) is 24.0 Å². The first kappa shape index (κ1) is 8.01. The van der Waals surface area contributed by atoms with E-state index in [1.807, 2.05) is 0 Å². The summed E-state index contributed by atoms with van der Waals surface area (Å²) in [5, 5.41) is 0. The van der Waals surface area contributed by atoms with Gasteiger partial charge in [0.05, 0.1) is 0 Å². The Bertz CT molecular complexity index is 256. The molecule has 0 fully saturated rings. The van der Waals surface area contributed by atoms with E-state index in [2.05, 4.69) is 42.5 Å². The minimum atomic E-state index is 0.267. The summed E-state index contributed by atoms with van der Waals surface area (Å²) in [6, 6.07) is 10.8. The van der Waals surface area contributed by atoms with Crippen LogP contribution in [-0.2, 0) is 6.16 Å². The molecule has 0 spiro atoms. The van der Waals surface area contributed by atoms with Crippen molar-refractivity contribution in [2.75, 3.05) is 12.3 Å². The molecule has 1 heterocycles. The van der Waals surface area contributed by atoms with E-state index in [1.54, 1.807) is 0 Å². The van der Waals surface area contributed by atoms with Crippen molar-refractivity contribution in [2.45, 2.75) is 6.16 Å². The van der Waals surface area contributed by atoms with Crippen molar-refractivity contribution in [3.8, 4) is 0 Å². The molecule has 0 aliphatic carbocycles. The normalized spacial score (nSPS) is 17.0. The first-order valence-corrected chi connectivity index (χ1v) is 6.26. The van der Waals surface area contributed by atoms with E-state index < -0.39 is 0 Å². The van der Waals surface area contributed by atoms with Crippen LogP contribution >= 0.6 is 7.92 Å². The molecule has 0 N–H and O–H groups in total. The van der Waals surface area contributed by atoms with Gasteiger partial charge < -0.3 is 0 Å². The largest absolute Gasteiger partial charge is 0.0945 e. The molecule has 2 rings (SSSR count). The average molecular weight is 176 g/mol. The molecule has 1 heteroatoms. The zero-order valence-corrected chi connectivity index (χ0v) is 8.00. The van der Waals surface area contributed by atoms with Gasteiger partial charge in [-0.15, -0.1) is 0 Å². The van der Waals surface area contributed by atoms with Gasteiger partial charge in [-0.1, -0.05) is 50.4 Å². The van der Waals surface area contributed by atoms with E-state index >= 15 is 0 Å². The molecule has 0 saturated heterocycles. The zero-order chi connectivity index (χ0) is 8.23. The van der Waals surface area contributed by atoms with Crippen LogP contribution in [0.3, 0.4) is 0 Å². The number of benzene rings is 1. The summed E-state index contributed by atoms with van der Waals surface area (Å²) in [6.07, 6.45) is 8.64. The van der Waals surface area contributed by atoms with Gasteiger partial charge in [0, 0.05) is 0 Å². The Labute approximate surface area is 75.1 Å². The molecule has 1 aromatic carbocycles. The fourth-order valence-corrected chi connectivity index (χ4v) is 3.52. The molecule has 1 aromatic rings. The average Bonchev–Trinajstić information content (AvgIpc) is 2.59. The van der Waals surface area contributed by atoms with E-state index in [9.17, 15) is 0 Å². The Morgan fingerprint density at radius 1 is 1.00 bits per heavy atom. The third-order valence-electron chi connectivity index (χ3n) is 2.14. The topological polar surface area (TPSA) is 0 Å². The van der Waals surface area contributed by atoms with Gasteiger partial charge in [-0.3, -0.25) is 0 Å². The molecule has 0 bridgehead atoms. The van der Waals surface area contributed by atoms with Crippen molar-refractivity contribution in [3.05, 3.63) is 48.0 Å². The highest BCUT2D eigenvalue weighted by atomic mass is 31.1. The molecule has 0 atom stereocenters. The maximum Gasteiger partial charge on any atom is -0.00675 e. The second kappa shape index (κ2) is 3.87. The summed E-state index contributed by atoms with van der Waals surface area (Å²) in [5.74, 6) is 0. The van der Waals surface area contributed by atoms with Gasteiger partial charge in [-0.25, -0.2) is 0 Å². The van der Waals surface area contributed by atoms with Gasteiger partial charge in [0.2, 0.25) is 0 Å². The van der Waals surface area contributed by atoms with Crippen molar-refractivity contribution < 1.29 is 0 Å². The molecule has 0 amide bonds. The molecular formula is C11H13P. The first-order chi connectivity index (χ1) is 5.95. The summed E-state index contributed by atoms with van der Waals surface area (Å²) in [7, 11) is 0.267. The van der Waals surface area contributed by atoms with Crippen LogP contribution in [0.25, 0.3) is 0 Å². The van der Waals surface area contributed by atoms with E-state index in [0.717, 1.165) is 0 Å². The standard InChI is InChI=1S/C11H13P/c1-2-6-11(7-3-1)10-12-8-4-5-9-12/h1-7H,8-10H2. The maximum absolute atomic E-state index is 2.33. The summed E-state index contributed by atoms with van der Waals surface area (Å²) in [5.41, 5.74) is 1.51. The summed E-state index contributed by atoms with van der Waals surface area (Å²) in [6.45, 7) is 0. The molecule has 0 saturated carbocycles. The first-order valence-electron chi connectivity index (χ1n) is 4.36. The van der Waals surface area contributed by atoms with E-state index in [0.29, 0.717) is 0 Å². The van der Waals surface area contributed by atoms with Crippen molar-refractivity contribution in [2.24, 2.45) is 0 Å². The minimum absolute atomic E-state index is 0.267. The smallest absolute Gasteiger partial charge is 0.00675 e. The van der Waals surface area contributed by atoms with Gasteiger partial charge in [-0.2, -0.15) is 0 Å². The molecule has 0 radical (unpaired) electrons. The van der Waals surface area contributed by atoms with Crippen molar-refractivity contribution in [1.82, 2.24) is 0 Å². The second-order valence-corrected chi connectivity index (χ2v) is 5.54. The van der Waals surface area contributed by atoms with E-state index in [-0.39, 0.29) is 7.92 Å². The second-order valence-electron chi connectivity index (χ2n) is 3.15. The molecule has 12 heavy (non-hydrogen) atoms. The molecule has 0 nitrogen and oxygen atoms in total. The maximum atomic E-state index is 2.33. The quantitative estimate of drug-likeness (QED) is 0.479. The van der Waals surface area contributed by atoms with Crippen molar-refractivity contribution in [3.63, 3.8) is 0 Å². The highest BCUT2D eigenvalue weighted by molar-refractivity contribution is 7.57. The lowest BCUT2D eigenvalue weighted by molar-refractivity contribution is 1.38. The molecule has 62 valence electrons. The number of allylic oxidation sites excluding steroid dienone is 2. The lowest BCUT2D eigenvalue weighted by Gasteiger charge is -2.08. The third kappa shape index (κ3) is 1.95. The zero-order valence-electron chi connectivity index (χ0n) is 7.11. The van der Waals surface area contributed by atoms with E-state index in [4.69, 9.17) is 0 Å². The Morgan fingerprint density at radius 3 is 2.33 bits per heavy atom. The summed E-state index contributed by atoms with van der Waals surface area (Å²) < 4.78 is 0. The molecular weight excluding hydrogens is 163 g/mol. The fourth-order valence-electron chi connectivity index (χ4n) is 1.49. The third-order valence-corrected chi connectivity index (χ3v) is 4.41. The Morgan fingerprint density at radius 2 is 1.67 bits per heavy atom. The predicted molar refractivity (Wildman–Crippen MR) is 55.9 cm³/mol. The van der Waals surface area contributed by atoms with E-state index in [1.165, 1.54) is 24.0 Å². The summed E-state index contributed by atoms with van der Waals surface area (Å²) in [4.78, 5) is 0. The van der Waals surface area contributed by atoms with Crippen LogP contribution in [0.2, 0.25) is 0 Å². The highest BCUT2D eigenvalue weighted by Crippen LogP contribution is 2.42. The predicted octanol–water partition coefficient (Wildman–Crippen LogP) is 3.24. The fraction of sp³-hybridized carbons (Fsp3) is 0.273. The Kier molecular flexibility index (Phi) is 2.58. The molecule has 1 aliphatic rings. The van der Waals surface area contributed by atoms with Crippen LogP contribution in [0.1, 0.15) is 5.56 Å². The van der Waals surface area contributed by atoms with Crippen LogP contribution < -0.4 is 0 Å². The Balaban J connectivity index is 1.95. The summed E-state index contributed by atoms with van der Waals surface area (Å²) >= 11 is 0. The lowest BCUT2D eigenvalue weighted by Crippen LogP contribution is -1.84. The Hall–Kier alpha value is -0.610. The SMILES string of the molecule is C1=CCP(Cc2ccccc2)C1. The molecule has 0 unspecified atom stereocenters. The van der Waals surface area contributed by atoms with Gasteiger partial charge in [0.1, 0.15) is 0 Å². The highest BCUT2D eigenvalue weighted by Gasteiger charge is 2.08. The van der Waals surface area contributed by atoms with Crippen LogP contribution in [0.5, 0.6) is 0 Å². The van der Waals surface area contributed by atoms with Gasteiger partial charge >= 0.3 is 0 Å². The monoisotopic (exact) mass is 176 g/mol. The number of hydrogen-bond donors (Lipinski definition) is 0. The van der Waals surface area contributed by atoms with Gasteiger partial charge in [0.15, 0.2) is 0 Å². The van der Waals surface area contributed by atoms with Crippen molar-refractivity contribution >= 4 is 7.92 Å². The van der Waals surface area contributed by atoms with Crippen LogP contribution in [0.15, 0.2) is 42.5 Å². The molecule has 0 aromatic heterocycles. The van der Waals surface area contributed by atoms with Crippen LogP contribution in [0.4, 0.5) is 0 Å². The minimum Gasteiger partial charge on any atom is -0.0945 e. The number of hydrogen-bond acceptors (Lipinski definition) is 0. The lowest BCUT2D eigenvalue weighted by atomic mass is 10.2. The van der Waals surface area contributed by atoms with Crippen molar-refractivity contribution in [1.29, 1.82) is 0 Å². The van der Waals surface area contributed by atoms with Crippen LogP contribution in [0, 0.1) is 0 Å². The van der Waals surface area contributed by atoms with Crippen LogP contribution in [-0.4, -0.2) is 12.3 Å². The van der Waals surface area contributed by atoms with Gasteiger partial charge in [0.25, 0.3) is 0 Å². The molecule has 1 aliphatic heterocycles.